The number of fused-ring (bicyclic) bond motifs is 1. The smallest absolute Gasteiger partial charge is 0.250 e. The zero-order valence-electron chi connectivity index (χ0n) is 21.4. The van der Waals surface area contributed by atoms with E-state index >= 15 is 0 Å². The molecule has 0 radical (unpaired) electrons. The maximum atomic E-state index is 13.7. The van der Waals surface area contributed by atoms with Crippen LogP contribution in [0.5, 0.6) is 5.75 Å². The number of allylic oxidation sites excluding steroid dienone is 2. The minimum Gasteiger partial charge on any atom is -0.497 e. The first kappa shape index (κ1) is 25.3. The summed E-state index contributed by atoms with van der Waals surface area (Å²) in [5.74, 6) is 1.21. The van der Waals surface area contributed by atoms with Gasteiger partial charge in [0.1, 0.15) is 17.6 Å². The maximum absolute atomic E-state index is 13.7. The van der Waals surface area contributed by atoms with Gasteiger partial charge < -0.3 is 15.4 Å². The lowest BCUT2D eigenvalue weighted by Crippen LogP contribution is -2.49. The fourth-order valence-corrected chi connectivity index (χ4v) is 4.59. The van der Waals surface area contributed by atoms with Crippen molar-refractivity contribution in [1.82, 2.24) is 15.3 Å². The zero-order chi connectivity index (χ0) is 26.6. The van der Waals surface area contributed by atoms with Gasteiger partial charge in [-0.05, 0) is 36.2 Å². The number of benzene rings is 2. The lowest BCUT2D eigenvalue weighted by Gasteiger charge is -2.36. The fourth-order valence-electron chi connectivity index (χ4n) is 4.59. The number of nitrogens with one attached hydrogen (secondary N) is 1. The molecule has 2 aromatic carbocycles. The van der Waals surface area contributed by atoms with Gasteiger partial charge in [-0.25, -0.2) is 9.88 Å². The van der Waals surface area contributed by atoms with E-state index in [0.29, 0.717) is 36.7 Å². The first-order valence-corrected chi connectivity index (χ1v) is 12.6. The molecule has 1 aliphatic carbocycles. The Morgan fingerprint density at radius 3 is 2.68 bits per heavy atom. The summed E-state index contributed by atoms with van der Waals surface area (Å²) in [7, 11) is 1.61. The normalized spacial score (nSPS) is 17.4. The van der Waals surface area contributed by atoms with E-state index < -0.39 is 12.1 Å². The Labute approximate surface area is 221 Å². The Morgan fingerprint density at radius 1 is 1.21 bits per heavy atom. The molecule has 9 nitrogen and oxygen atoms in total. The Morgan fingerprint density at radius 2 is 1.97 bits per heavy atom. The van der Waals surface area contributed by atoms with Crippen LogP contribution in [0.4, 0.5) is 17.5 Å². The van der Waals surface area contributed by atoms with Gasteiger partial charge in [-0.15, -0.1) is 0 Å². The standard InChI is InChI=1S/C29H30N6O3/c1-3-24(30)28(37)35(21-8-5-4-6-9-21)29-32-17-20-16-31-18-34(27(20)33-29)25-11-7-10-23(26(25)36)19-12-14-22(38-2)15-13-19/h4-15,17,24-25,31H,3,16,18,30H2,1-2H3. The van der Waals surface area contributed by atoms with E-state index in [9.17, 15) is 9.59 Å². The molecule has 2 unspecified atom stereocenters. The van der Waals surface area contributed by atoms with Crippen molar-refractivity contribution in [2.45, 2.75) is 32.0 Å². The van der Waals surface area contributed by atoms with Gasteiger partial charge in [-0.1, -0.05) is 55.5 Å². The van der Waals surface area contributed by atoms with Crippen molar-refractivity contribution in [1.29, 1.82) is 0 Å². The topological polar surface area (TPSA) is 114 Å². The van der Waals surface area contributed by atoms with Gasteiger partial charge in [0, 0.05) is 23.9 Å². The Bertz CT molecular complexity index is 1390. The number of aromatic nitrogens is 2. The largest absolute Gasteiger partial charge is 0.497 e. The SMILES string of the molecule is CCC(N)C(=O)N(c1ccccc1)c1ncc2c(n1)N(C1C=CC=C(c3ccc(OC)cc3)C1=O)CNC2. The zero-order valence-corrected chi connectivity index (χ0v) is 21.4. The molecule has 1 aliphatic heterocycles. The Kier molecular flexibility index (Phi) is 7.30. The first-order valence-electron chi connectivity index (χ1n) is 12.6. The molecule has 3 N–H and O–H groups in total. The van der Waals surface area contributed by atoms with E-state index in [1.165, 1.54) is 4.90 Å². The third-order valence-corrected chi connectivity index (χ3v) is 6.72. The molecule has 0 saturated carbocycles. The highest BCUT2D eigenvalue weighted by molar-refractivity contribution is 6.26. The van der Waals surface area contributed by atoms with Crippen molar-refractivity contribution in [3.8, 4) is 5.75 Å². The number of Topliss-reactive ketones (excluding diaryl/α,β-unsaturated/α-hetero) is 1. The van der Waals surface area contributed by atoms with Gasteiger partial charge in [0.2, 0.25) is 5.95 Å². The summed E-state index contributed by atoms with van der Waals surface area (Å²) in [6, 6.07) is 15.4. The van der Waals surface area contributed by atoms with Crippen LogP contribution in [0.15, 0.2) is 79.0 Å². The number of nitrogens with two attached hydrogens (primary N) is 1. The number of ether oxygens (including phenoxy) is 1. The third-order valence-electron chi connectivity index (χ3n) is 6.72. The molecular weight excluding hydrogens is 480 g/mol. The molecule has 5 rings (SSSR count). The van der Waals surface area contributed by atoms with Crippen molar-refractivity contribution >= 4 is 34.7 Å². The molecule has 3 aromatic rings. The number of carbonyl (C=O) groups is 2. The van der Waals surface area contributed by atoms with Crippen LogP contribution < -0.4 is 25.6 Å². The van der Waals surface area contributed by atoms with Crippen molar-refractivity contribution in [2.24, 2.45) is 5.73 Å². The van der Waals surface area contributed by atoms with Crippen LogP contribution in [0.3, 0.4) is 0 Å². The first-order chi connectivity index (χ1) is 18.5. The van der Waals surface area contributed by atoms with Crippen LogP contribution in [0, 0.1) is 0 Å². The molecule has 0 bridgehead atoms. The van der Waals surface area contributed by atoms with Crippen LogP contribution >= 0.6 is 0 Å². The molecule has 2 atom stereocenters. The monoisotopic (exact) mass is 510 g/mol. The van der Waals surface area contributed by atoms with E-state index in [1.54, 1.807) is 13.3 Å². The number of anilines is 3. The third kappa shape index (κ3) is 4.81. The van der Waals surface area contributed by atoms with E-state index in [2.05, 4.69) is 10.3 Å². The number of para-hydroxylation sites is 1. The predicted octanol–water partition coefficient (Wildman–Crippen LogP) is 3.35. The van der Waals surface area contributed by atoms with Gasteiger partial charge in [0.25, 0.3) is 5.91 Å². The van der Waals surface area contributed by atoms with Gasteiger partial charge in [-0.3, -0.25) is 14.9 Å². The van der Waals surface area contributed by atoms with Gasteiger partial charge in [-0.2, -0.15) is 4.98 Å². The van der Waals surface area contributed by atoms with E-state index in [-0.39, 0.29) is 17.6 Å². The lowest BCUT2D eigenvalue weighted by molar-refractivity contribution is -0.119. The average molecular weight is 511 g/mol. The number of carbonyl (C=O) groups excluding carboxylic acids is 2. The number of nitrogens with zero attached hydrogens (tertiary/aromatic N) is 4. The predicted molar refractivity (Wildman–Crippen MR) is 147 cm³/mol. The molecule has 2 heterocycles. The van der Waals surface area contributed by atoms with Crippen LogP contribution in [-0.4, -0.2) is 47.5 Å². The summed E-state index contributed by atoms with van der Waals surface area (Å²) in [6.07, 6.45) is 7.76. The fraction of sp³-hybridized carbons (Fsp3) is 0.241. The van der Waals surface area contributed by atoms with Crippen LogP contribution in [-0.2, 0) is 16.1 Å². The second-order valence-corrected chi connectivity index (χ2v) is 9.10. The van der Waals surface area contributed by atoms with E-state index in [1.807, 2.05) is 84.6 Å². The number of rotatable bonds is 7. The van der Waals surface area contributed by atoms with Crippen molar-refractivity contribution in [2.75, 3.05) is 23.6 Å². The van der Waals surface area contributed by atoms with E-state index in [0.717, 1.165) is 16.9 Å². The summed E-state index contributed by atoms with van der Waals surface area (Å²) >= 11 is 0. The number of methoxy groups -OCH3 is 1. The Hall–Kier alpha value is -4.34. The minimum atomic E-state index is -0.701. The average Bonchev–Trinajstić information content (AvgIpc) is 2.97. The summed E-state index contributed by atoms with van der Waals surface area (Å²) in [6.45, 7) is 2.82. The number of hydrogen-bond donors (Lipinski definition) is 2. The quantitative estimate of drug-likeness (QED) is 0.498. The van der Waals surface area contributed by atoms with E-state index in [4.69, 9.17) is 15.5 Å². The summed E-state index contributed by atoms with van der Waals surface area (Å²) in [5, 5.41) is 3.33. The van der Waals surface area contributed by atoms with Crippen LogP contribution in [0.25, 0.3) is 5.57 Å². The summed E-state index contributed by atoms with van der Waals surface area (Å²) in [5.41, 5.74) is 9.03. The molecule has 1 aromatic heterocycles. The second kappa shape index (κ2) is 11.0. The number of ketones is 1. The second-order valence-electron chi connectivity index (χ2n) is 9.10. The Balaban J connectivity index is 1.51. The van der Waals surface area contributed by atoms with Gasteiger partial charge in [0.15, 0.2) is 5.78 Å². The molecule has 0 fully saturated rings. The van der Waals surface area contributed by atoms with Gasteiger partial charge >= 0.3 is 0 Å². The number of hydrogen-bond acceptors (Lipinski definition) is 8. The molecule has 2 aliphatic rings. The van der Waals surface area contributed by atoms with Crippen LogP contribution in [0.2, 0.25) is 0 Å². The lowest BCUT2D eigenvalue weighted by atomic mass is 9.92. The van der Waals surface area contributed by atoms with Crippen molar-refractivity contribution in [3.05, 3.63) is 90.1 Å². The van der Waals surface area contributed by atoms with Crippen molar-refractivity contribution < 1.29 is 14.3 Å². The molecule has 0 saturated heterocycles. The minimum absolute atomic E-state index is 0.0449. The van der Waals surface area contributed by atoms with Crippen molar-refractivity contribution in [3.63, 3.8) is 0 Å². The molecule has 194 valence electrons. The molecule has 0 spiro atoms. The van der Waals surface area contributed by atoms with Gasteiger partial charge in [0.05, 0.1) is 25.5 Å². The highest BCUT2D eigenvalue weighted by Crippen LogP contribution is 2.32. The maximum Gasteiger partial charge on any atom is 0.250 e. The molecule has 38 heavy (non-hydrogen) atoms. The molecule has 9 heteroatoms. The molecule has 1 amide bonds. The summed E-state index contributed by atoms with van der Waals surface area (Å²) < 4.78 is 5.25. The highest BCUT2D eigenvalue weighted by Gasteiger charge is 2.34. The molecular formula is C29H30N6O3. The number of amides is 1. The highest BCUT2D eigenvalue weighted by atomic mass is 16.5. The van der Waals surface area contributed by atoms with Crippen LogP contribution in [0.1, 0.15) is 24.5 Å². The summed E-state index contributed by atoms with van der Waals surface area (Å²) in [4.78, 5) is 39.8.